The number of aromatic amines is 1. The lowest BCUT2D eigenvalue weighted by Gasteiger charge is -2.08. The van der Waals surface area contributed by atoms with Crippen LogP contribution in [0.1, 0.15) is 30.0 Å². The van der Waals surface area contributed by atoms with Crippen molar-refractivity contribution in [2.75, 3.05) is 5.32 Å². The number of benzene rings is 2. The monoisotopic (exact) mass is 383 g/mol. The molecule has 0 radical (unpaired) electrons. The summed E-state index contributed by atoms with van der Waals surface area (Å²) in [4.78, 5) is 14.3. The number of nitrogens with zero attached hydrogens (tertiary/aromatic N) is 1. The van der Waals surface area contributed by atoms with Crippen molar-refractivity contribution >= 4 is 11.5 Å². The Morgan fingerprint density at radius 2 is 1.59 bits per heavy atom. The maximum Gasteiger partial charge on any atom is 0.249 e. The highest BCUT2D eigenvalue weighted by Crippen LogP contribution is 2.40. The molecule has 144 valence electrons. The first kappa shape index (κ1) is 17.5. The second-order valence-electron chi connectivity index (χ2n) is 7.50. The highest BCUT2D eigenvalue weighted by Gasteiger charge is 2.23. The zero-order valence-electron chi connectivity index (χ0n) is 16.1. The van der Waals surface area contributed by atoms with Gasteiger partial charge in [0.2, 0.25) is 5.56 Å². The molecule has 2 aromatic heterocycles. The molecule has 0 atom stereocenters. The molecule has 29 heavy (non-hydrogen) atoms. The number of aryl methyl sites for hydroxylation is 1. The molecule has 1 fully saturated rings. The largest absolute Gasteiger partial charge is 0.354 e. The van der Waals surface area contributed by atoms with Crippen molar-refractivity contribution in [1.82, 2.24) is 10.1 Å². The Morgan fingerprint density at radius 1 is 0.931 bits per heavy atom. The standard InChI is InChI=1S/C24H21N3O2/c1-15-23(26-21-3-2-4-22(28)25-21)24(29-27-15)20-13-11-19(12-14-20)18-9-7-17(8-10-18)16-5-6-16/h2-4,7-14,16H,5-6H2,1H3,(H2,25,26,28). The average Bonchev–Trinajstić information content (AvgIpc) is 3.53. The smallest absolute Gasteiger partial charge is 0.249 e. The van der Waals surface area contributed by atoms with E-state index < -0.39 is 0 Å². The fraction of sp³-hybridized carbons (Fsp3) is 0.167. The van der Waals surface area contributed by atoms with Crippen LogP contribution in [-0.2, 0) is 0 Å². The summed E-state index contributed by atoms with van der Waals surface area (Å²) in [6.07, 6.45) is 2.63. The number of nitrogens with one attached hydrogen (secondary N) is 2. The van der Waals surface area contributed by atoms with Crippen molar-refractivity contribution in [3.63, 3.8) is 0 Å². The second-order valence-corrected chi connectivity index (χ2v) is 7.50. The summed E-state index contributed by atoms with van der Waals surface area (Å²) in [6, 6.07) is 22.1. The molecule has 0 bridgehead atoms. The third kappa shape index (κ3) is 3.59. The Kier molecular flexibility index (Phi) is 4.28. The van der Waals surface area contributed by atoms with Gasteiger partial charge in [0.1, 0.15) is 17.2 Å². The molecule has 0 aliphatic heterocycles. The summed E-state index contributed by atoms with van der Waals surface area (Å²) in [5, 5.41) is 7.31. The van der Waals surface area contributed by atoms with E-state index in [4.69, 9.17) is 4.52 Å². The van der Waals surface area contributed by atoms with Gasteiger partial charge in [0.15, 0.2) is 5.76 Å². The van der Waals surface area contributed by atoms with Gasteiger partial charge in [0.05, 0.1) is 0 Å². The molecule has 1 aliphatic rings. The molecule has 0 unspecified atom stereocenters. The molecule has 5 nitrogen and oxygen atoms in total. The normalized spacial score (nSPS) is 13.4. The zero-order chi connectivity index (χ0) is 19.8. The van der Waals surface area contributed by atoms with Crippen LogP contribution in [0.5, 0.6) is 0 Å². The number of hydrogen-bond acceptors (Lipinski definition) is 4. The summed E-state index contributed by atoms with van der Waals surface area (Å²) in [5.74, 6) is 2.01. The lowest BCUT2D eigenvalue weighted by molar-refractivity contribution is 0.427. The van der Waals surface area contributed by atoms with Crippen LogP contribution in [0.3, 0.4) is 0 Å². The van der Waals surface area contributed by atoms with E-state index in [2.05, 4.69) is 51.9 Å². The molecule has 0 spiro atoms. The fourth-order valence-corrected chi connectivity index (χ4v) is 3.55. The van der Waals surface area contributed by atoms with Crippen molar-refractivity contribution in [3.05, 3.63) is 88.3 Å². The minimum absolute atomic E-state index is 0.164. The number of aromatic nitrogens is 2. The minimum atomic E-state index is -0.164. The summed E-state index contributed by atoms with van der Waals surface area (Å²) in [6.45, 7) is 1.87. The Balaban J connectivity index is 1.42. The van der Waals surface area contributed by atoms with Gasteiger partial charge in [0.25, 0.3) is 0 Å². The van der Waals surface area contributed by atoms with Crippen LogP contribution in [0, 0.1) is 6.92 Å². The van der Waals surface area contributed by atoms with E-state index in [0.717, 1.165) is 28.4 Å². The van der Waals surface area contributed by atoms with E-state index in [1.54, 1.807) is 12.1 Å². The van der Waals surface area contributed by atoms with Crippen LogP contribution in [0.15, 0.2) is 76.0 Å². The topological polar surface area (TPSA) is 70.9 Å². The van der Waals surface area contributed by atoms with Gasteiger partial charge < -0.3 is 14.8 Å². The maximum absolute atomic E-state index is 11.6. The maximum atomic E-state index is 11.6. The molecular weight excluding hydrogens is 362 g/mol. The molecule has 5 heteroatoms. The SMILES string of the molecule is Cc1noc(-c2ccc(-c3ccc(C4CC4)cc3)cc2)c1Nc1cccc(=O)[nH]1. The van der Waals surface area contributed by atoms with Crippen molar-refractivity contribution in [3.8, 4) is 22.5 Å². The number of hydrogen-bond donors (Lipinski definition) is 2. The van der Waals surface area contributed by atoms with Crippen LogP contribution >= 0.6 is 0 Å². The molecule has 1 aliphatic carbocycles. The Hall–Kier alpha value is -3.60. The van der Waals surface area contributed by atoms with Crippen LogP contribution < -0.4 is 10.9 Å². The summed E-state index contributed by atoms with van der Waals surface area (Å²) in [5.41, 5.74) is 6.03. The van der Waals surface area contributed by atoms with Gasteiger partial charge in [-0.2, -0.15) is 0 Å². The first-order valence-electron chi connectivity index (χ1n) is 9.81. The second kappa shape index (κ2) is 7.09. The molecule has 0 saturated heterocycles. The molecular formula is C24H21N3O2. The zero-order valence-corrected chi connectivity index (χ0v) is 16.1. The molecule has 2 N–H and O–H groups in total. The van der Waals surface area contributed by atoms with E-state index in [9.17, 15) is 4.79 Å². The van der Waals surface area contributed by atoms with Crippen molar-refractivity contribution < 1.29 is 4.52 Å². The highest BCUT2D eigenvalue weighted by molar-refractivity contribution is 5.79. The first-order chi connectivity index (χ1) is 14.2. The lowest BCUT2D eigenvalue weighted by Crippen LogP contribution is -2.06. The quantitative estimate of drug-likeness (QED) is 0.469. The third-order valence-electron chi connectivity index (χ3n) is 5.33. The van der Waals surface area contributed by atoms with Gasteiger partial charge in [0, 0.05) is 11.6 Å². The Morgan fingerprint density at radius 3 is 2.24 bits per heavy atom. The van der Waals surface area contributed by atoms with Crippen molar-refractivity contribution in [2.24, 2.45) is 0 Å². The van der Waals surface area contributed by atoms with E-state index in [1.165, 1.54) is 30.0 Å². The Bertz CT molecular complexity index is 1200. The van der Waals surface area contributed by atoms with E-state index in [0.29, 0.717) is 11.6 Å². The number of H-pyrrole nitrogens is 1. The lowest BCUT2D eigenvalue weighted by atomic mass is 10.0. The molecule has 0 amide bonds. The van der Waals surface area contributed by atoms with E-state index in [-0.39, 0.29) is 5.56 Å². The fourth-order valence-electron chi connectivity index (χ4n) is 3.55. The van der Waals surface area contributed by atoms with Gasteiger partial charge in [-0.1, -0.05) is 59.8 Å². The summed E-state index contributed by atoms with van der Waals surface area (Å²) < 4.78 is 5.57. The van der Waals surface area contributed by atoms with Crippen LogP contribution in [0.4, 0.5) is 11.5 Å². The van der Waals surface area contributed by atoms with Gasteiger partial charge >= 0.3 is 0 Å². The third-order valence-corrected chi connectivity index (χ3v) is 5.33. The number of rotatable bonds is 5. The van der Waals surface area contributed by atoms with Crippen LogP contribution in [0.2, 0.25) is 0 Å². The number of anilines is 2. The molecule has 2 heterocycles. The average molecular weight is 383 g/mol. The van der Waals surface area contributed by atoms with Gasteiger partial charge in [-0.15, -0.1) is 0 Å². The predicted octanol–water partition coefficient (Wildman–Crippen LogP) is 5.63. The number of pyridine rings is 1. The minimum Gasteiger partial charge on any atom is -0.354 e. The van der Waals surface area contributed by atoms with Gasteiger partial charge in [-0.3, -0.25) is 4.79 Å². The predicted molar refractivity (Wildman–Crippen MR) is 114 cm³/mol. The first-order valence-corrected chi connectivity index (χ1v) is 9.81. The Labute approximate surface area is 168 Å². The summed E-state index contributed by atoms with van der Waals surface area (Å²) >= 11 is 0. The molecule has 2 aromatic carbocycles. The van der Waals surface area contributed by atoms with E-state index >= 15 is 0 Å². The van der Waals surface area contributed by atoms with Crippen molar-refractivity contribution in [2.45, 2.75) is 25.7 Å². The van der Waals surface area contributed by atoms with Gasteiger partial charge in [-0.25, -0.2) is 0 Å². The van der Waals surface area contributed by atoms with Crippen molar-refractivity contribution in [1.29, 1.82) is 0 Å². The van der Waals surface area contributed by atoms with E-state index in [1.807, 2.05) is 19.1 Å². The molecule has 4 aromatic rings. The molecule has 5 rings (SSSR count). The molecule has 1 saturated carbocycles. The van der Waals surface area contributed by atoms with Gasteiger partial charge in [-0.05, 0) is 48.4 Å². The van der Waals surface area contributed by atoms with Crippen LogP contribution in [0.25, 0.3) is 22.5 Å². The summed E-state index contributed by atoms with van der Waals surface area (Å²) in [7, 11) is 0. The highest BCUT2D eigenvalue weighted by atomic mass is 16.5. The van der Waals surface area contributed by atoms with Crippen LogP contribution in [-0.4, -0.2) is 10.1 Å².